The summed E-state index contributed by atoms with van der Waals surface area (Å²) in [6.45, 7) is 1.67. The number of ether oxygens (including phenoxy) is 1. The Morgan fingerprint density at radius 3 is 2.70 bits per heavy atom. The summed E-state index contributed by atoms with van der Waals surface area (Å²) in [5.74, 6) is -0.611. The summed E-state index contributed by atoms with van der Waals surface area (Å²) in [6, 6.07) is 12.4. The average Bonchev–Trinajstić information content (AvgIpc) is 2.65. The highest BCUT2D eigenvalue weighted by Gasteiger charge is 2.07. The van der Waals surface area contributed by atoms with Crippen molar-refractivity contribution in [3.63, 3.8) is 0 Å². The van der Waals surface area contributed by atoms with Gasteiger partial charge in [0.05, 0.1) is 10.6 Å². The zero-order valence-electron chi connectivity index (χ0n) is 14.4. The number of nitrogens with zero attached hydrogens (tertiary/aromatic N) is 3. The highest BCUT2D eigenvalue weighted by atomic mass is 16.6. The van der Waals surface area contributed by atoms with E-state index in [0.29, 0.717) is 16.9 Å². The van der Waals surface area contributed by atoms with Gasteiger partial charge in [0.2, 0.25) is 0 Å². The molecule has 0 atom stereocenters. The van der Waals surface area contributed by atoms with Crippen LogP contribution in [0.25, 0.3) is 11.7 Å². The van der Waals surface area contributed by atoms with Crippen LogP contribution in [0.3, 0.4) is 0 Å². The number of non-ortho nitro benzene ring substituents is 1. The lowest BCUT2D eigenvalue weighted by Crippen LogP contribution is -2.18. The fourth-order valence-corrected chi connectivity index (χ4v) is 2.50. The number of benzene rings is 1. The average molecular weight is 365 g/mol. The Morgan fingerprint density at radius 2 is 2.00 bits per heavy atom. The maximum Gasteiger partial charge on any atom is 0.331 e. The molecular weight excluding hydrogens is 350 g/mol. The third kappa shape index (κ3) is 4.24. The van der Waals surface area contributed by atoms with Gasteiger partial charge in [0.1, 0.15) is 12.3 Å². The molecule has 0 aliphatic rings. The molecule has 2 heterocycles. The molecule has 3 rings (SSSR count). The number of carbonyl (C=O) groups excluding carboxylic acids is 1. The number of aromatic nitrogens is 2. The highest BCUT2D eigenvalue weighted by Crippen LogP contribution is 2.13. The Hall–Kier alpha value is -3.81. The summed E-state index contributed by atoms with van der Waals surface area (Å²) in [6.07, 6.45) is 2.69. The van der Waals surface area contributed by atoms with Crippen molar-refractivity contribution < 1.29 is 14.5 Å². The van der Waals surface area contributed by atoms with Crippen molar-refractivity contribution in [3.05, 3.63) is 92.0 Å². The second kappa shape index (κ2) is 7.61. The summed E-state index contributed by atoms with van der Waals surface area (Å²) >= 11 is 0. The van der Waals surface area contributed by atoms with Gasteiger partial charge >= 0.3 is 5.97 Å². The van der Waals surface area contributed by atoms with Crippen molar-refractivity contribution in [1.82, 2.24) is 9.38 Å². The summed E-state index contributed by atoms with van der Waals surface area (Å²) in [7, 11) is 0. The molecule has 0 saturated carbocycles. The number of aryl methyl sites for hydroxylation is 1. The number of carbonyl (C=O) groups is 1. The maximum atomic E-state index is 12.2. The first-order valence-corrected chi connectivity index (χ1v) is 8.01. The molecule has 0 saturated heterocycles. The van der Waals surface area contributed by atoms with Crippen molar-refractivity contribution in [2.45, 2.75) is 13.5 Å². The summed E-state index contributed by atoms with van der Waals surface area (Å²) in [5.41, 5.74) is 1.94. The van der Waals surface area contributed by atoms with Crippen LogP contribution in [0.4, 0.5) is 5.69 Å². The van der Waals surface area contributed by atoms with Gasteiger partial charge < -0.3 is 4.74 Å². The molecule has 0 unspecified atom stereocenters. The van der Waals surface area contributed by atoms with E-state index < -0.39 is 10.9 Å². The van der Waals surface area contributed by atoms with E-state index in [0.717, 1.165) is 5.69 Å². The molecule has 0 aliphatic heterocycles. The molecule has 0 amide bonds. The third-order valence-corrected chi connectivity index (χ3v) is 3.81. The van der Waals surface area contributed by atoms with E-state index in [2.05, 4.69) is 4.98 Å². The van der Waals surface area contributed by atoms with E-state index in [9.17, 15) is 19.7 Å². The molecule has 1 aromatic carbocycles. The second-order valence-corrected chi connectivity index (χ2v) is 5.74. The largest absolute Gasteiger partial charge is 0.456 e. The predicted octanol–water partition coefficient (Wildman–Crippen LogP) is 2.67. The fraction of sp³-hybridized carbons (Fsp3) is 0.105. The fourth-order valence-electron chi connectivity index (χ4n) is 2.50. The van der Waals surface area contributed by atoms with Crippen LogP contribution in [-0.4, -0.2) is 20.3 Å². The number of esters is 1. The molecule has 136 valence electrons. The summed E-state index contributed by atoms with van der Waals surface area (Å²) in [5, 5.41) is 10.6. The predicted molar refractivity (Wildman–Crippen MR) is 98.1 cm³/mol. The first-order valence-electron chi connectivity index (χ1n) is 8.01. The van der Waals surface area contributed by atoms with Crippen LogP contribution in [0.5, 0.6) is 0 Å². The van der Waals surface area contributed by atoms with Crippen LogP contribution in [0, 0.1) is 17.0 Å². The van der Waals surface area contributed by atoms with Crippen LogP contribution >= 0.6 is 0 Å². The van der Waals surface area contributed by atoms with E-state index in [1.54, 1.807) is 25.1 Å². The molecule has 3 aromatic rings. The SMILES string of the molecule is Cc1cccc2nc(COC(=O)/C=C/c3ccc([N+](=O)[O-])cc3)cc(=O)n12. The Kier molecular flexibility index (Phi) is 5.07. The minimum Gasteiger partial charge on any atom is -0.456 e. The zero-order chi connectivity index (χ0) is 19.4. The molecule has 0 spiro atoms. The second-order valence-electron chi connectivity index (χ2n) is 5.74. The van der Waals surface area contributed by atoms with Crippen LogP contribution in [0.1, 0.15) is 17.0 Å². The standard InChI is InChI=1S/C19H15N3O5/c1-13-3-2-4-17-20-15(11-18(23)21(13)17)12-27-19(24)10-7-14-5-8-16(9-6-14)22(25)26/h2-11H,12H2,1H3/b10-7+. The van der Waals surface area contributed by atoms with Crippen LogP contribution in [0.2, 0.25) is 0 Å². The maximum absolute atomic E-state index is 12.2. The van der Waals surface area contributed by atoms with E-state index in [4.69, 9.17) is 4.74 Å². The monoisotopic (exact) mass is 365 g/mol. The van der Waals surface area contributed by atoms with Crippen molar-refractivity contribution in [2.24, 2.45) is 0 Å². The van der Waals surface area contributed by atoms with E-state index in [1.807, 2.05) is 0 Å². The van der Waals surface area contributed by atoms with Crippen molar-refractivity contribution in [1.29, 1.82) is 0 Å². The zero-order valence-corrected chi connectivity index (χ0v) is 14.4. The Labute approximate surface area is 153 Å². The molecule has 0 radical (unpaired) electrons. The van der Waals surface area contributed by atoms with Gasteiger partial charge in [0.25, 0.3) is 11.2 Å². The number of pyridine rings is 1. The van der Waals surface area contributed by atoms with E-state index in [-0.39, 0.29) is 17.9 Å². The molecular formula is C19H15N3O5. The normalized spacial score (nSPS) is 11.0. The van der Waals surface area contributed by atoms with Gasteiger partial charge in [0.15, 0.2) is 0 Å². The topological polar surface area (TPSA) is 104 Å². The number of hydrogen-bond acceptors (Lipinski definition) is 6. The van der Waals surface area contributed by atoms with Gasteiger partial charge in [-0.25, -0.2) is 9.78 Å². The Morgan fingerprint density at radius 1 is 1.26 bits per heavy atom. The Bertz CT molecular complexity index is 1100. The molecule has 27 heavy (non-hydrogen) atoms. The number of fused-ring (bicyclic) bond motifs is 1. The van der Waals surface area contributed by atoms with Gasteiger partial charge in [-0.3, -0.25) is 19.3 Å². The minimum absolute atomic E-state index is 0.0290. The Balaban J connectivity index is 1.66. The van der Waals surface area contributed by atoms with E-state index >= 15 is 0 Å². The lowest BCUT2D eigenvalue weighted by atomic mass is 10.2. The molecule has 0 fully saturated rings. The van der Waals surface area contributed by atoms with Gasteiger partial charge in [-0.2, -0.15) is 0 Å². The van der Waals surface area contributed by atoms with Crippen molar-refractivity contribution in [3.8, 4) is 0 Å². The quantitative estimate of drug-likeness (QED) is 0.298. The number of nitro groups is 1. The number of nitro benzene ring substituents is 1. The van der Waals surface area contributed by atoms with Gasteiger partial charge in [-0.1, -0.05) is 6.07 Å². The third-order valence-electron chi connectivity index (χ3n) is 3.81. The van der Waals surface area contributed by atoms with Gasteiger partial charge in [-0.05, 0) is 42.8 Å². The molecule has 2 aromatic heterocycles. The molecule has 0 bridgehead atoms. The molecule has 0 N–H and O–H groups in total. The van der Waals surface area contributed by atoms with Gasteiger partial charge in [0, 0.05) is 30.0 Å². The van der Waals surface area contributed by atoms with Gasteiger partial charge in [-0.15, -0.1) is 0 Å². The molecule has 0 aliphatic carbocycles. The smallest absolute Gasteiger partial charge is 0.331 e. The lowest BCUT2D eigenvalue weighted by Gasteiger charge is -2.06. The molecule has 8 nitrogen and oxygen atoms in total. The van der Waals surface area contributed by atoms with Crippen molar-refractivity contribution >= 4 is 23.4 Å². The van der Waals surface area contributed by atoms with Crippen LogP contribution < -0.4 is 5.56 Å². The van der Waals surface area contributed by atoms with E-state index in [1.165, 1.54) is 46.9 Å². The van der Waals surface area contributed by atoms with Crippen LogP contribution in [0.15, 0.2) is 59.4 Å². The van der Waals surface area contributed by atoms with Crippen LogP contribution in [-0.2, 0) is 16.1 Å². The highest BCUT2D eigenvalue weighted by molar-refractivity contribution is 5.87. The first kappa shape index (κ1) is 18.0. The summed E-state index contributed by atoms with van der Waals surface area (Å²) in [4.78, 5) is 38.4. The number of rotatable bonds is 5. The number of hydrogen-bond donors (Lipinski definition) is 0. The minimum atomic E-state index is -0.611. The summed E-state index contributed by atoms with van der Waals surface area (Å²) < 4.78 is 6.57. The lowest BCUT2D eigenvalue weighted by molar-refractivity contribution is -0.384. The van der Waals surface area contributed by atoms with Crippen molar-refractivity contribution in [2.75, 3.05) is 0 Å². The molecule has 8 heteroatoms. The first-order chi connectivity index (χ1) is 12.9.